The Morgan fingerprint density at radius 2 is 1.81 bits per heavy atom. The van der Waals surface area contributed by atoms with Crippen LogP contribution in [0.4, 0.5) is 14.5 Å². The number of hydrogen-bond donors (Lipinski definition) is 2. The van der Waals surface area contributed by atoms with Crippen LogP contribution in [0, 0.1) is 11.6 Å². The standard InChI is InChI=1S/C20H20F2N2O3/c1-11(12-3-5-17-13(7-12)4-6-18(25)24-17)23-20(26)19(27-2)14-8-15(21)10-16(22)9-14/h3,5,7-11,19H,4,6H2,1-2H3,(H,23,26)(H,24,25). The Hall–Kier alpha value is -2.80. The van der Waals surface area contributed by atoms with Crippen LogP contribution in [0.15, 0.2) is 36.4 Å². The molecule has 1 heterocycles. The van der Waals surface area contributed by atoms with Gasteiger partial charge in [0.2, 0.25) is 5.91 Å². The summed E-state index contributed by atoms with van der Waals surface area (Å²) >= 11 is 0. The maximum atomic E-state index is 13.4. The smallest absolute Gasteiger partial charge is 0.254 e. The van der Waals surface area contributed by atoms with Crippen molar-refractivity contribution in [1.82, 2.24) is 5.32 Å². The molecule has 0 bridgehead atoms. The van der Waals surface area contributed by atoms with E-state index in [4.69, 9.17) is 4.74 Å². The molecular weight excluding hydrogens is 354 g/mol. The van der Waals surface area contributed by atoms with Crippen molar-refractivity contribution in [2.75, 3.05) is 12.4 Å². The van der Waals surface area contributed by atoms with Crippen molar-refractivity contribution >= 4 is 17.5 Å². The minimum absolute atomic E-state index is 0.0122. The SMILES string of the molecule is COC(C(=O)NC(C)c1ccc2c(c1)CCC(=O)N2)c1cc(F)cc(F)c1. The highest BCUT2D eigenvalue weighted by Crippen LogP contribution is 2.27. The molecule has 5 nitrogen and oxygen atoms in total. The molecular formula is C20H20F2N2O3. The lowest BCUT2D eigenvalue weighted by Gasteiger charge is -2.22. The topological polar surface area (TPSA) is 67.4 Å². The summed E-state index contributed by atoms with van der Waals surface area (Å²) in [5, 5.41) is 5.61. The van der Waals surface area contributed by atoms with Gasteiger partial charge in [0, 0.05) is 25.3 Å². The minimum Gasteiger partial charge on any atom is -0.367 e. The Morgan fingerprint density at radius 3 is 2.48 bits per heavy atom. The van der Waals surface area contributed by atoms with Crippen LogP contribution < -0.4 is 10.6 Å². The van der Waals surface area contributed by atoms with Gasteiger partial charge in [0.1, 0.15) is 11.6 Å². The first-order chi connectivity index (χ1) is 12.9. The third-order valence-electron chi connectivity index (χ3n) is 4.55. The number of hydrogen-bond acceptors (Lipinski definition) is 3. The van der Waals surface area contributed by atoms with Gasteiger partial charge in [0.25, 0.3) is 5.91 Å². The molecule has 0 spiro atoms. The molecule has 3 rings (SSSR count). The molecule has 2 aromatic carbocycles. The first kappa shape index (κ1) is 19.0. The third kappa shape index (κ3) is 4.31. The lowest BCUT2D eigenvalue weighted by molar-refractivity contribution is -0.132. The summed E-state index contributed by atoms with van der Waals surface area (Å²) in [4.78, 5) is 24.0. The number of rotatable bonds is 5. The molecule has 0 aromatic heterocycles. The van der Waals surface area contributed by atoms with E-state index in [0.717, 1.165) is 35.0 Å². The molecule has 0 saturated carbocycles. The number of ether oxygens (including phenoxy) is 1. The number of carbonyl (C=O) groups is 2. The summed E-state index contributed by atoms with van der Waals surface area (Å²) in [6, 6.07) is 8.09. The number of carbonyl (C=O) groups excluding carboxylic acids is 2. The quantitative estimate of drug-likeness (QED) is 0.843. The van der Waals surface area contributed by atoms with Gasteiger partial charge in [0.05, 0.1) is 6.04 Å². The maximum Gasteiger partial charge on any atom is 0.254 e. The van der Waals surface area contributed by atoms with E-state index < -0.39 is 23.6 Å². The van der Waals surface area contributed by atoms with E-state index in [0.29, 0.717) is 12.8 Å². The number of halogens is 2. The summed E-state index contributed by atoms with van der Waals surface area (Å²) in [5.41, 5.74) is 2.74. The van der Waals surface area contributed by atoms with Crippen LogP contribution >= 0.6 is 0 Å². The monoisotopic (exact) mass is 374 g/mol. The van der Waals surface area contributed by atoms with Gasteiger partial charge in [-0.1, -0.05) is 12.1 Å². The molecule has 0 saturated heterocycles. The van der Waals surface area contributed by atoms with E-state index in [2.05, 4.69) is 10.6 Å². The van der Waals surface area contributed by atoms with Crippen LogP contribution in [0.2, 0.25) is 0 Å². The highest BCUT2D eigenvalue weighted by atomic mass is 19.1. The first-order valence-corrected chi connectivity index (χ1v) is 8.59. The Morgan fingerprint density at radius 1 is 1.11 bits per heavy atom. The van der Waals surface area contributed by atoms with Gasteiger partial charge in [-0.25, -0.2) is 8.78 Å². The number of aryl methyl sites for hydroxylation is 1. The van der Waals surface area contributed by atoms with E-state index in [1.807, 2.05) is 12.1 Å². The molecule has 2 unspecified atom stereocenters. The number of methoxy groups -OCH3 is 1. The van der Waals surface area contributed by atoms with Crippen LogP contribution in [-0.2, 0) is 20.7 Å². The fourth-order valence-corrected chi connectivity index (χ4v) is 3.17. The minimum atomic E-state index is -1.13. The van der Waals surface area contributed by atoms with Crippen molar-refractivity contribution in [3.8, 4) is 0 Å². The van der Waals surface area contributed by atoms with Gasteiger partial charge in [0.15, 0.2) is 6.10 Å². The van der Waals surface area contributed by atoms with Gasteiger partial charge in [-0.3, -0.25) is 9.59 Å². The van der Waals surface area contributed by atoms with E-state index in [-0.39, 0.29) is 17.5 Å². The second kappa shape index (κ2) is 7.84. The van der Waals surface area contributed by atoms with Gasteiger partial charge in [-0.05, 0) is 48.2 Å². The molecule has 7 heteroatoms. The van der Waals surface area contributed by atoms with Crippen LogP contribution in [0.5, 0.6) is 0 Å². The molecule has 0 aliphatic carbocycles. The van der Waals surface area contributed by atoms with Crippen LogP contribution in [0.3, 0.4) is 0 Å². The second-order valence-corrected chi connectivity index (χ2v) is 6.51. The maximum absolute atomic E-state index is 13.4. The van der Waals surface area contributed by atoms with Gasteiger partial charge in [-0.15, -0.1) is 0 Å². The molecule has 2 aromatic rings. The van der Waals surface area contributed by atoms with Crippen molar-refractivity contribution < 1.29 is 23.1 Å². The molecule has 0 radical (unpaired) electrons. The Balaban J connectivity index is 1.75. The number of amides is 2. The van der Waals surface area contributed by atoms with E-state index in [9.17, 15) is 18.4 Å². The van der Waals surface area contributed by atoms with E-state index in [1.54, 1.807) is 13.0 Å². The molecule has 27 heavy (non-hydrogen) atoms. The zero-order valence-corrected chi connectivity index (χ0v) is 15.0. The average molecular weight is 374 g/mol. The first-order valence-electron chi connectivity index (χ1n) is 8.59. The van der Waals surface area contributed by atoms with Crippen molar-refractivity contribution in [1.29, 1.82) is 0 Å². The number of anilines is 1. The van der Waals surface area contributed by atoms with Crippen molar-refractivity contribution in [2.24, 2.45) is 0 Å². The number of fused-ring (bicyclic) bond motifs is 1. The van der Waals surface area contributed by atoms with Crippen LogP contribution in [-0.4, -0.2) is 18.9 Å². The van der Waals surface area contributed by atoms with Crippen molar-refractivity contribution in [3.63, 3.8) is 0 Å². The Labute approximate surface area is 155 Å². The van der Waals surface area contributed by atoms with E-state index in [1.165, 1.54) is 7.11 Å². The summed E-state index contributed by atoms with van der Waals surface area (Å²) in [7, 11) is 1.30. The molecule has 142 valence electrons. The highest BCUT2D eigenvalue weighted by molar-refractivity contribution is 5.94. The third-order valence-corrected chi connectivity index (χ3v) is 4.55. The average Bonchev–Trinajstić information content (AvgIpc) is 2.61. The van der Waals surface area contributed by atoms with E-state index >= 15 is 0 Å². The fourth-order valence-electron chi connectivity index (χ4n) is 3.17. The van der Waals surface area contributed by atoms with Gasteiger partial charge in [-0.2, -0.15) is 0 Å². The zero-order valence-electron chi connectivity index (χ0n) is 15.0. The summed E-state index contributed by atoms with van der Waals surface area (Å²) in [5.74, 6) is -2.06. The lowest BCUT2D eigenvalue weighted by atomic mass is 9.97. The molecule has 2 atom stereocenters. The second-order valence-electron chi connectivity index (χ2n) is 6.51. The zero-order chi connectivity index (χ0) is 19.6. The summed E-state index contributed by atoms with van der Waals surface area (Å²) in [6.45, 7) is 1.81. The summed E-state index contributed by atoms with van der Waals surface area (Å²) < 4.78 is 32.0. The van der Waals surface area contributed by atoms with Gasteiger partial charge >= 0.3 is 0 Å². The van der Waals surface area contributed by atoms with Crippen LogP contribution in [0.25, 0.3) is 0 Å². The summed E-state index contributed by atoms with van der Waals surface area (Å²) in [6.07, 6.45) is -0.0675. The molecule has 1 aliphatic heterocycles. The predicted octanol–water partition coefficient (Wildman–Crippen LogP) is 3.41. The number of nitrogens with one attached hydrogen (secondary N) is 2. The van der Waals surface area contributed by atoms with Crippen LogP contribution in [0.1, 0.15) is 42.2 Å². The molecule has 0 fully saturated rings. The molecule has 2 N–H and O–H groups in total. The molecule has 1 aliphatic rings. The largest absolute Gasteiger partial charge is 0.367 e. The normalized spacial score (nSPS) is 15.5. The fraction of sp³-hybridized carbons (Fsp3) is 0.300. The highest BCUT2D eigenvalue weighted by Gasteiger charge is 2.24. The number of benzene rings is 2. The lowest BCUT2D eigenvalue weighted by Crippen LogP contribution is -2.32. The predicted molar refractivity (Wildman–Crippen MR) is 96.1 cm³/mol. The molecule has 2 amide bonds. The Kier molecular flexibility index (Phi) is 5.51. The van der Waals surface area contributed by atoms with Crippen molar-refractivity contribution in [3.05, 3.63) is 64.7 Å². The van der Waals surface area contributed by atoms with Crippen molar-refractivity contribution in [2.45, 2.75) is 31.9 Å². The van der Waals surface area contributed by atoms with Gasteiger partial charge < -0.3 is 15.4 Å². The Bertz CT molecular complexity index is 865.